The SMILES string of the molecule is Cc1c(NC(=O)N(C)Cc2csc3ccccc23)cccc1[N+](=O)[O-]. The smallest absolute Gasteiger partial charge is 0.321 e. The van der Waals surface area contributed by atoms with E-state index in [2.05, 4.69) is 11.4 Å². The van der Waals surface area contributed by atoms with Crippen LogP contribution < -0.4 is 5.32 Å². The zero-order chi connectivity index (χ0) is 18.0. The first-order chi connectivity index (χ1) is 12.0. The first-order valence-corrected chi connectivity index (χ1v) is 8.56. The second kappa shape index (κ2) is 6.90. The van der Waals surface area contributed by atoms with Crippen LogP contribution in [0, 0.1) is 17.0 Å². The zero-order valence-corrected chi connectivity index (χ0v) is 14.7. The molecule has 0 radical (unpaired) electrons. The van der Waals surface area contributed by atoms with Gasteiger partial charge < -0.3 is 10.2 Å². The van der Waals surface area contributed by atoms with Gasteiger partial charge in [-0.25, -0.2) is 4.79 Å². The Morgan fingerprint density at radius 1 is 1.24 bits per heavy atom. The van der Waals surface area contributed by atoms with E-state index in [4.69, 9.17) is 0 Å². The van der Waals surface area contributed by atoms with Crippen molar-refractivity contribution in [2.75, 3.05) is 12.4 Å². The summed E-state index contributed by atoms with van der Waals surface area (Å²) < 4.78 is 1.18. The molecule has 0 atom stereocenters. The Bertz CT molecular complexity index is 952. The van der Waals surface area contributed by atoms with Gasteiger partial charge in [-0.2, -0.15) is 0 Å². The number of carbonyl (C=O) groups is 1. The molecule has 0 aliphatic heterocycles. The van der Waals surface area contributed by atoms with Crippen LogP contribution in [-0.4, -0.2) is 22.9 Å². The summed E-state index contributed by atoms with van der Waals surface area (Å²) in [5.74, 6) is 0. The molecule has 0 spiro atoms. The summed E-state index contributed by atoms with van der Waals surface area (Å²) in [5, 5.41) is 17.0. The van der Waals surface area contributed by atoms with Crippen molar-refractivity contribution in [2.24, 2.45) is 0 Å². The van der Waals surface area contributed by atoms with Gasteiger partial charge in [0.15, 0.2) is 0 Å². The highest BCUT2D eigenvalue weighted by molar-refractivity contribution is 7.17. The summed E-state index contributed by atoms with van der Waals surface area (Å²) in [4.78, 5) is 24.6. The summed E-state index contributed by atoms with van der Waals surface area (Å²) in [6.45, 7) is 2.09. The van der Waals surface area contributed by atoms with Gasteiger partial charge in [-0.05, 0) is 35.4 Å². The van der Waals surface area contributed by atoms with Gasteiger partial charge >= 0.3 is 6.03 Å². The molecule has 2 aromatic carbocycles. The number of carbonyl (C=O) groups excluding carboxylic acids is 1. The van der Waals surface area contributed by atoms with Gasteiger partial charge in [0.1, 0.15) is 0 Å². The number of anilines is 1. The van der Waals surface area contributed by atoms with Crippen molar-refractivity contribution in [3.05, 3.63) is 69.1 Å². The summed E-state index contributed by atoms with van der Waals surface area (Å²) in [6.07, 6.45) is 0. The molecule has 6 nitrogen and oxygen atoms in total. The van der Waals surface area contributed by atoms with E-state index in [-0.39, 0.29) is 11.7 Å². The number of nitrogens with one attached hydrogen (secondary N) is 1. The highest BCUT2D eigenvalue weighted by atomic mass is 32.1. The van der Waals surface area contributed by atoms with Gasteiger partial charge in [0.05, 0.1) is 16.2 Å². The van der Waals surface area contributed by atoms with E-state index in [1.807, 2.05) is 23.6 Å². The fourth-order valence-corrected chi connectivity index (χ4v) is 3.60. The number of nitro benzene ring substituents is 1. The third-order valence-electron chi connectivity index (χ3n) is 4.06. The Hall–Kier alpha value is -2.93. The van der Waals surface area contributed by atoms with Gasteiger partial charge in [-0.15, -0.1) is 11.3 Å². The van der Waals surface area contributed by atoms with Gasteiger partial charge in [0, 0.05) is 24.4 Å². The molecule has 1 N–H and O–H groups in total. The van der Waals surface area contributed by atoms with Crippen LogP contribution in [0.4, 0.5) is 16.2 Å². The Balaban J connectivity index is 1.75. The molecule has 0 saturated carbocycles. The van der Waals surface area contributed by atoms with Crippen molar-refractivity contribution in [3.63, 3.8) is 0 Å². The molecule has 0 aliphatic rings. The second-order valence-corrected chi connectivity index (χ2v) is 6.66. The van der Waals surface area contributed by atoms with Crippen molar-refractivity contribution < 1.29 is 9.72 Å². The van der Waals surface area contributed by atoms with Crippen LogP contribution in [-0.2, 0) is 6.54 Å². The Kier molecular flexibility index (Phi) is 4.67. The Labute approximate surface area is 148 Å². The second-order valence-electron chi connectivity index (χ2n) is 5.75. The van der Waals surface area contributed by atoms with Crippen LogP contribution >= 0.6 is 11.3 Å². The van der Waals surface area contributed by atoms with Gasteiger partial charge in [-0.1, -0.05) is 24.3 Å². The maximum atomic E-state index is 12.5. The van der Waals surface area contributed by atoms with E-state index in [1.54, 1.807) is 42.3 Å². The van der Waals surface area contributed by atoms with Crippen LogP contribution in [0.2, 0.25) is 0 Å². The van der Waals surface area contributed by atoms with Gasteiger partial charge in [0.2, 0.25) is 0 Å². The lowest BCUT2D eigenvalue weighted by Crippen LogP contribution is -2.31. The molecule has 0 saturated heterocycles. The number of hydrogen-bond acceptors (Lipinski definition) is 4. The molecule has 0 bridgehead atoms. The standard InChI is InChI=1S/C18H17N3O3S/c1-12-15(7-5-8-16(12)21(23)24)19-18(22)20(2)10-13-11-25-17-9-4-3-6-14(13)17/h3-9,11H,10H2,1-2H3,(H,19,22). The molecule has 0 aliphatic carbocycles. The number of urea groups is 1. The Morgan fingerprint density at radius 3 is 2.76 bits per heavy atom. The van der Waals surface area contributed by atoms with Gasteiger partial charge in [-0.3, -0.25) is 10.1 Å². The molecule has 3 rings (SSSR count). The average Bonchev–Trinajstić information content (AvgIpc) is 2.99. The minimum atomic E-state index is -0.452. The first-order valence-electron chi connectivity index (χ1n) is 7.68. The number of rotatable bonds is 4. The third kappa shape index (κ3) is 3.46. The molecule has 1 aromatic heterocycles. The summed E-state index contributed by atoms with van der Waals surface area (Å²) in [5.41, 5.74) is 1.95. The maximum Gasteiger partial charge on any atom is 0.321 e. The monoisotopic (exact) mass is 355 g/mol. The summed E-state index contributed by atoms with van der Waals surface area (Å²) in [6, 6.07) is 12.4. The molecule has 1 heterocycles. The number of amides is 2. The first kappa shape index (κ1) is 16.9. The van der Waals surface area contributed by atoms with E-state index in [9.17, 15) is 14.9 Å². The van der Waals surface area contributed by atoms with Crippen molar-refractivity contribution in [2.45, 2.75) is 13.5 Å². The minimum absolute atomic E-state index is 0.00992. The fraction of sp³-hybridized carbons (Fsp3) is 0.167. The van der Waals surface area contributed by atoms with Crippen molar-refractivity contribution in [1.82, 2.24) is 4.90 Å². The number of nitro groups is 1. The number of nitrogens with zero attached hydrogens (tertiary/aromatic N) is 2. The molecule has 25 heavy (non-hydrogen) atoms. The zero-order valence-electron chi connectivity index (χ0n) is 13.9. The number of benzene rings is 2. The number of thiophene rings is 1. The van der Waals surface area contributed by atoms with E-state index in [0.717, 1.165) is 10.9 Å². The fourth-order valence-electron chi connectivity index (χ4n) is 2.65. The Morgan fingerprint density at radius 2 is 2.00 bits per heavy atom. The van der Waals surface area contributed by atoms with E-state index < -0.39 is 4.92 Å². The molecular weight excluding hydrogens is 338 g/mol. The highest BCUT2D eigenvalue weighted by Crippen LogP contribution is 2.27. The highest BCUT2D eigenvalue weighted by Gasteiger charge is 2.17. The topological polar surface area (TPSA) is 75.5 Å². The lowest BCUT2D eigenvalue weighted by molar-refractivity contribution is -0.385. The maximum absolute atomic E-state index is 12.5. The summed E-state index contributed by atoms with van der Waals surface area (Å²) in [7, 11) is 1.70. The van der Waals surface area contributed by atoms with E-state index in [0.29, 0.717) is 17.8 Å². The lowest BCUT2D eigenvalue weighted by atomic mass is 10.1. The predicted molar refractivity (Wildman–Crippen MR) is 100 cm³/mol. The van der Waals surface area contributed by atoms with Crippen LogP contribution in [0.25, 0.3) is 10.1 Å². The van der Waals surface area contributed by atoms with E-state index in [1.165, 1.54) is 10.8 Å². The average molecular weight is 355 g/mol. The van der Waals surface area contributed by atoms with Crippen LogP contribution in [0.3, 0.4) is 0 Å². The predicted octanol–water partition coefficient (Wildman–Crippen LogP) is 4.78. The van der Waals surface area contributed by atoms with Gasteiger partial charge in [0.25, 0.3) is 5.69 Å². The number of fused-ring (bicyclic) bond motifs is 1. The van der Waals surface area contributed by atoms with Crippen LogP contribution in [0.1, 0.15) is 11.1 Å². The van der Waals surface area contributed by atoms with Crippen LogP contribution in [0.5, 0.6) is 0 Å². The van der Waals surface area contributed by atoms with Crippen molar-refractivity contribution in [3.8, 4) is 0 Å². The molecule has 128 valence electrons. The molecular formula is C18H17N3O3S. The number of hydrogen-bond donors (Lipinski definition) is 1. The largest absolute Gasteiger partial charge is 0.323 e. The quantitative estimate of drug-likeness (QED) is 0.540. The molecule has 2 amide bonds. The molecule has 3 aromatic rings. The molecule has 7 heteroatoms. The van der Waals surface area contributed by atoms with E-state index >= 15 is 0 Å². The van der Waals surface area contributed by atoms with Crippen molar-refractivity contribution in [1.29, 1.82) is 0 Å². The van der Waals surface area contributed by atoms with Crippen LogP contribution in [0.15, 0.2) is 47.8 Å². The normalized spacial score (nSPS) is 10.6. The molecule has 0 unspecified atom stereocenters. The van der Waals surface area contributed by atoms with Crippen molar-refractivity contribution >= 4 is 38.8 Å². The lowest BCUT2D eigenvalue weighted by Gasteiger charge is -2.18. The minimum Gasteiger partial charge on any atom is -0.323 e. The third-order valence-corrected chi connectivity index (χ3v) is 5.07. The molecule has 0 fully saturated rings. The summed E-state index contributed by atoms with van der Waals surface area (Å²) >= 11 is 1.65.